The summed E-state index contributed by atoms with van der Waals surface area (Å²) in [5.74, 6) is 3.24. The zero-order chi connectivity index (χ0) is 20.2. The Labute approximate surface area is 171 Å². The van der Waals surface area contributed by atoms with Crippen LogP contribution in [0.2, 0.25) is 0 Å². The number of aromatic nitrogens is 3. The van der Waals surface area contributed by atoms with Crippen LogP contribution < -0.4 is 0 Å². The SMILES string of the molecule is Cc1noc(C)c1CC(=O)N1CCCC(CCc2noc(C3CCOCC3)n2)C1. The summed E-state index contributed by atoms with van der Waals surface area (Å²) in [6.45, 7) is 6.91. The summed E-state index contributed by atoms with van der Waals surface area (Å²) in [6.07, 6.45) is 6.22. The molecule has 0 N–H and O–H groups in total. The fourth-order valence-corrected chi connectivity index (χ4v) is 4.36. The van der Waals surface area contributed by atoms with Crippen LogP contribution in [0.1, 0.15) is 66.8 Å². The van der Waals surface area contributed by atoms with Gasteiger partial charge >= 0.3 is 0 Å². The van der Waals surface area contributed by atoms with Gasteiger partial charge in [0.25, 0.3) is 0 Å². The van der Waals surface area contributed by atoms with Crippen molar-refractivity contribution < 1.29 is 18.6 Å². The Balaban J connectivity index is 1.28. The molecule has 1 amide bonds. The standard InChI is InChI=1S/C21H30N4O4/c1-14-18(15(2)28-23-14)12-20(26)25-9-3-4-16(13-25)5-6-19-22-21(29-24-19)17-7-10-27-11-8-17/h16-17H,3-13H2,1-2H3. The van der Waals surface area contributed by atoms with Gasteiger partial charge in [-0.2, -0.15) is 4.98 Å². The third-order valence-electron chi connectivity index (χ3n) is 6.21. The number of nitrogens with zero attached hydrogens (tertiary/aromatic N) is 4. The van der Waals surface area contributed by atoms with Gasteiger partial charge in [0.15, 0.2) is 5.82 Å². The number of amides is 1. The van der Waals surface area contributed by atoms with E-state index in [1.165, 1.54) is 0 Å². The van der Waals surface area contributed by atoms with E-state index in [0.29, 0.717) is 18.3 Å². The summed E-state index contributed by atoms with van der Waals surface area (Å²) in [5.41, 5.74) is 1.73. The monoisotopic (exact) mass is 402 g/mol. The molecule has 4 rings (SSSR count). The molecule has 1 atom stereocenters. The van der Waals surface area contributed by atoms with Gasteiger partial charge in [0.2, 0.25) is 11.8 Å². The summed E-state index contributed by atoms with van der Waals surface area (Å²) in [7, 11) is 0. The summed E-state index contributed by atoms with van der Waals surface area (Å²) in [5, 5.41) is 8.13. The number of aryl methyl sites for hydroxylation is 3. The minimum absolute atomic E-state index is 0.158. The zero-order valence-electron chi connectivity index (χ0n) is 17.4. The molecule has 2 aromatic rings. The molecule has 2 aliphatic rings. The van der Waals surface area contributed by atoms with Crippen LogP contribution in [0.5, 0.6) is 0 Å². The van der Waals surface area contributed by atoms with Gasteiger partial charge in [0, 0.05) is 44.2 Å². The van der Waals surface area contributed by atoms with Crippen LogP contribution in [0, 0.1) is 19.8 Å². The summed E-state index contributed by atoms with van der Waals surface area (Å²) >= 11 is 0. The first-order valence-electron chi connectivity index (χ1n) is 10.7. The fourth-order valence-electron chi connectivity index (χ4n) is 4.36. The van der Waals surface area contributed by atoms with Crippen LogP contribution in [0.15, 0.2) is 9.05 Å². The largest absolute Gasteiger partial charge is 0.381 e. The van der Waals surface area contributed by atoms with Gasteiger partial charge in [0.1, 0.15) is 5.76 Å². The molecule has 2 fully saturated rings. The van der Waals surface area contributed by atoms with Crippen molar-refractivity contribution in [1.29, 1.82) is 0 Å². The minimum atomic E-state index is 0.158. The number of carbonyl (C=O) groups is 1. The van der Waals surface area contributed by atoms with Crippen LogP contribution in [0.3, 0.4) is 0 Å². The van der Waals surface area contributed by atoms with Gasteiger partial charge in [-0.15, -0.1) is 0 Å². The maximum Gasteiger partial charge on any atom is 0.229 e. The number of ether oxygens (including phenoxy) is 1. The van der Waals surface area contributed by atoms with Crippen molar-refractivity contribution >= 4 is 5.91 Å². The molecule has 0 saturated carbocycles. The summed E-state index contributed by atoms with van der Waals surface area (Å²) in [6, 6.07) is 0. The van der Waals surface area contributed by atoms with Gasteiger partial charge in [-0.25, -0.2) is 0 Å². The summed E-state index contributed by atoms with van der Waals surface area (Å²) in [4.78, 5) is 19.4. The highest BCUT2D eigenvalue weighted by atomic mass is 16.5. The van der Waals surface area contributed by atoms with E-state index in [0.717, 1.165) is 93.6 Å². The van der Waals surface area contributed by atoms with E-state index in [4.69, 9.17) is 13.8 Å². The highest BCUT2D eigenvalue weighted by molar-refractivity contribution is 5.79. The van der Waals surface area contributed by atoms with Crippen molar-refractivity contribution in [2.75, 3.05) is 26.3 Å². The fraction of sp³-hybridized carbons (Fsp3) is 0.714. The highest BCUT2D eigenvalue weighted by Crippen LogP contribution is 2.26. The Morgan fingerprint density at radius 1 is 1.14 bits per heavy atom. The van der Waals surface area contributed by atoms with Crippen molar-refractivity contribution in [1.82, 2.24) is 20.2 Å². The van der Waals surface area contributed by atoms with Crippen LogP contribution in [-0.4, -0.2) is 52.4 Å². The van der Waals surface area contributed by atoms with Crippen LogP contribution in [0.25, 0.3) is 0 Å². The Morgan fingerprint density at radius 2 is 1.97 bits per heavy atom. The van der Waals surface area contributed by atoms with Crippen molar-refractivity contribution in [3.63, 3.8) is 0 Å². The van der Waals surface area contributed by atoms with Crippen LogP contribution in [0.4, 0.5) is 0 Å². The quantitative estimate of drug-likeness (QED) is 0.733. The molecular formula is C21H30N4O4. The van der Waals surface area contributed by atoms with Crippen molar-refractivity contribution in [2.45, 2.75) is 64.7 Å². The van der Waals surface area contributed by atoms with Crippen molar-refractivity contribution in [2.24, 2.45) is 5.92 Å². The average Bonchev–Trinajstić information content (AvgIpc) is 3.35. The lowest BCUT2D eigenvalue weighted by atomic mass is 9.93. The van der Waals surface area contributed by atoms with Gasteiger partial charge in [-0.3, -0.25) is 4.79 Å². The maximum atomic E-state index is 12.8. The zero-order valence-corrected chi connectivity index (χ0v) is 17.4. The van der Waals surface area contributed by atoms with E-state index in [9.17, 15) is 4.79 Å². The smallest absolute Gasteiger partial charge is 0.229 e. The van der Waals surface area contributed by atoms with Crippen LogP contribution >= 0.6 is 0 Å². The lowest BCUT2D eigenvalue weighted by molar-refractivity contribution is -0.132. The molecule has 0 aromatic carbocycles. The van der Waals surface area contributed by atoms with Crippen molar-refractivity contribution in [3.05, 3.63) is 28.7 Å². The van der Waals surface area contributed by atoms with E-state index in [2.05, 4.69) is 15.3 Å². The number of hydrogen-bond acceptors (Lipinski definition) is 7. The number of likely N-dealkylation sites (tertiary alicyclic amines) is 1. The van der Waals surface area contributed by atoms with E-state index in [-0.39, 0.29) is 5.91 Å². The molecule has 8 heteroatoms. The lowest BCUT2D eigenvalue weighted by Crippen LogP contribution is -2.41. The lowest BCUT2D eigenvalue weighted by Gasteiger charge is -2.32. The van der Waals surface area contributed by atoms with Crippen LogP contribution in [-0.2, 0) is 22.4 Å². The Kier molecular flexibility index (Phi) is 6.28. The second kappa shape index (κ2) is 9.07. The topological polar surface area (TPSA) is 94.5 Å². The van der Waals surface area contributed by atoms with Gasteiger partial charge < -0.3 is 18.7 Å². The number of piperidine rings is 1. The third-order valence-corrected chi connectivity index (χ3v) is 6.21. The molecule has 158 valence electrons. The third kappa shape index (κ3) is 4.86. The number of rotatable bonds is 6. The molecule has 0 aliphatic carbocycles. The molecule has 2 saturated heterocycles. The first-order valence-corrected chi connectivity index (χ1v) is 10.7. The first-order chi connectivity index (χ1) is 14.1. The van der Waals surface area contributed by atoms with Gasteiger partial charge in [0.05, 0.1) is 12.1 Å². The molecule has 2 aliphatic heterocycles. The molecule has 0 spiro atoms. The number of carbonyl (C=O) groups excluding carboxylic acids is 1. The Hall–Kier alpha value is -2.22. The molecular weight excluding hydrogens is 372 g/mol. The normalized spacial score (nSPS) is 20.9. The highest BCUT2D eigenvalue weighted by Gasteiger charge is 2.26. The van der Waals surface area contributed by atoms with Gasteiger partial charge in [-0.05, 0) is 51.9 Å². The van der Waals surface area contributed by atoms with E-state index in [1.807, 2.05) is 18.7 Å². The predicted molar refractivity (Wildman–Crippen MR) is 104 cm³/mol. The minimum Gasteiger partial charge on any atom is -0.381 e. The molecule has 2 aromatic heterocycles. The average molecular weight is 402 g/mol. The Morgan fingerprint density at radius 3 is 2.72 bits per heavy atom. The van der Waals surface area contributed by atoms with E-state index >= 15 is 0 Å². The molecule has 4 heterocycles. The predicted octanol–water partition coefficient (Wildman–Crippen LogP) is 2.98. The van der Waals surface area contributed by atoms with Gasteiger partial charge in [-0.1, -0.05) is 10.3 Å². The maximum absolute atomic E-state index is 12.8. The van der Waals surface area contributed by atoms with Crippen molar-refractivity contribution in [3.8, 4) is 0 Å². The molecule has 0 radical (unpaired) electrons. The van der Waals surface area contributed by atoms with E-state index in [1.54, 1.807) is 0 Å². The Bertz CT molecular complexity index is 805. The second-order valence-electron chi connectivity index (χ2n) is 8.30. The first kappa shape index (κ1) is 20.1. The molecule has 8 nitrogen and oxygen atoms in total. The second-order valence-corrected chi connectivity index (χ2v) is 8.30. The van der Waals surface area contributed by atoms with E-state index < -0.39 is 0 Å². The molecule has 0 bridgehead atoms. The summed E-state index contributed by atoms with van der Waals surface area (Å²) < 4.78 is 16.1. The number of hydrogen-bond donors (Lipinski definition) is 0. The molecule has 1 unspecified atom stereocenters. The molecule has 29 heavy (non-hydrogen) atoms.